The van der Waals surface area contributed by atoms with Crippen molar-refractivity contribution in [2.45, 2.75) is 4.90 Å². The Balaban J connectivity index is 0.000000150. The van der Waals surface area contributed by atoms with Gasteiger partial charge in [-0.3, -0.25) is 4.55 Å². The Morgan fingerprint density at radius 1 is 0.680 bits per heavy atom. The lowest BCUT2D eigenvalue weighted by Gasteiger charge is -2.02. The summed E-state index contributed by atoms with van der Waals surface area (Å²) in [5, 5.41) is 3.77. The minimum Gasteiger partial charge on any atom is -0.399 e. The number of nitrogens with two attached hydrogens (primary N) is 1. The topological polar surface area (TPSA) is 80.4 Å². The minimum atomic E-state index is -4.13. The number of anilines is 1. The van der Waals surface area contributed by atoms with Crippen molar-refractivity contribution in [2.24, 2.45) is 0 Å². The van der Waals surface area contributed by atoms with Gasteiger partial charge in [-0.2, -0.15) is 8.42 Å². The summed E-state index contributed by atoms with van der Waals surface area (Å²) in [6, 6.07) is 25.9. The number of fused-ring (bicyclic) bond motifs is 2. The van der Waals surface area contributed by atoms with Gasteiger partial charge in [0.2, 0.25) is 0 Å². The Hall–Kier alpha value is -2.89. The van der Waals surface area contributed by atoms with E-state index in [1.807, 2.05) is 36.4 Å². The zero-order chi connectivity index (χ0) is 17.9. The third kappa shape index (κ3) is 3.96. The highest BCUT2D eigenvalue weighted by atomic mass is 32.2. The van der Waals surface area contributed by atoms with E-state index in [1.54, 1.807) is 30.3 Å². The highest BCUT2D eigenvalue weighted by Crippen LogP contribution is 2.22. The molecule has 5 heteroatoms. The van der Waals surface area contributed by atoms with Crippen LogP contribution in [0.15, 0.2) is 89.8 Å². The number of rotatable bonds is 1. The maximum atomic E-state index is 11.0. The molecular formula is C20H17NO3S. The maximum absolute atomic E-state index is 11.0. The molecule has 4 rings (SSSR count). The van der Waals surface area contributed by atoms with E-state index in [9.17, 15) is 8.42 Å². The quantitative estimate of drug-likeness (QED) is 0.390. The van der Waals surface area contributed by atoms with Gasteiger partial charge in [0, 0.05) is 11.1 Å². The van der Waals surface area contributed by atoms with Gasteiger partial charge < -0.3 is 5.73 Å². The monoisotopic (exact) mass is 351 g/mol. The lowest BCUT2D eigenvalue weighted by atomic mass is 10.1. The lowest BCUT2D eigenvalue weighted by molar-refractivity contribution is 0.484. The van der Waals surface area contributed by atoms with Crippen molar-refractivity contribution in [1.29, 1.82) is 0 Å². The molecule has 0 saturated heterocycles. The number of hydrogen-bond acceptors (Lipinski definition) is 3. The van der Waals surface area contributed by atoms with E-state index in [0.29, 0.717) is 5.39 Å². The van der Waals surface area contributed by atoms with Gasteiger partial charge in [0.15, 0.2) is 0 Å². The fourth-order valence-electron chi connectivity index (χ4n) is 2.63. The smallest absolute Gasteiger partial charge is 0.295 e. The van der Waals surface area contributed by atoms with Gasteiger partial charge in [-0.1, -0.05) is 66.7 Å². The first-order valence-corrected chi connectivity index (χ1v) is 9.09. The van der Waals surface area contributed by atoms with Crippen LogP contribution in [0.1, 0.15) is 0 Å². The van der Waals surface area contributed by atoms with E-state index >= 15 is 0 Å². The van der Waals surface area contributed by atoms with Crippen molar-refractivity contribution in [1.82, 2.24) is 0 Å². The third-order valence-corrected chi connectivity index (χ3v) is 4.71. The zero-order valence-electron chi connectivity index (χ0n) is 13.3. The highest BCUT2D eigenvalue weighted by molar-refractivity contribution is 7.86. The number of nitrogen functional groups attached to an aromatic ring is 1. The summed E-state index contributed by atoms with van der Waals surface area (Å²) in [5.74, 6) is 0. The molecule has 25 heavy (non-hydrogen) atoms. The Labute approximate surface area is 146 Å². The molecule has 0 radical (unpaired) electrons. The largest absolute Gasteiger partial charge is 0.399 e. The summed E-state index contributed by atoms with van der Waals surface area (Å²) in [4.78, 5) is -0.0457. The average Bonchev–Trinajstić information content (AvgIpc) is 2.61. The van der Waals surface area contributed by atoms with Crippen LogP contribution in [0.3, 0.4) is 0 Å². The molecule has 0 amide bonds. The second kappa shape index (κ2) is 6.93. The fourth-order valence-corrected chi connectivity index (χ4v) is 3.34. The SMILES string of the molecule is Nc1ccc2ccccc2c1.O=S(=O)(O)c1cccc2ccccc12. The molecule has 126 valence electrons. The summed E-state index contributed by atoms with van der Waals surface area (Å²) < 4.78 is 31.0. The Morgan fingerprint density at radius 2 is 1.28 bits per heavy atom. The van der Waals surface area contributed by atoms with Gasteiger partial charge >= 0.3 is 0 Å². The van der Waals surface area contributed by atoms with E-state index in [4.69, 9.17) is 10.3 Å². The van der Waals surface area contributed by atoms with Crippen molar-refractivity contribution >= 4 is 37.4 Å². The van der Waals surface area contributed by atoms with Crippen LogP contribution in [0.4, 0.5) is 5.69 Å². The summed E-state index contributed by atoms with van der Waals surface area (Å²) >= 11 is 0. The molecule has 4 aromatic carbocycles. The van der Waals surface area contributed by atoms with E-state index < -0.39 is 10.1 Å². The fraction of sp³-hybridized carbons (Fsp3) is 0. The average molecular weight is 351 g/mol. The van der Waals surface area contributed by atoms with Crippen molar-refractivity contribution in [3.05, 3.63) is 84.9 Å². The van der Waals surface area contributed by atoms with Gasteiger partial charge in [-0.15, -0.1) is 0 Å². The standard InChI is InChI=1S/C10H9N.C10H8O3S/c11-10-6-5-8-3-1-2-4-9(8)7-10;11-14(12,13)10-7-3-5-8-4-1-2-6-9(8)10/h1-7H,11H2;1-7H,(H,11,12,13). The molecule has 0 fully saturated rings. The van der Waals surface area contributed by atoms with Gasteiger partial charge in [0.1, 0.15) is 4.90 Å². The summed E-state index contributed by atoms with van der Waals surface area (Å²) in [6.07, 6.45) is 0. The van der Waals surface area contributed by atoms with Gasteiger partial charge in [-0.25, -0.2) is 0 Å². The minimum absolute atomic E-state index is 0.0457. The predicted molar refractivity (Wildman–Crippen MR) is 102 cm³/mol. The van der Waals surface area contributed by atoms with E-state index in [-0.39, 0.29) is 4.90 Å². The molecule has 0 atom stereocenters. The normalized spacial score (nSPS) is 11.1. The molecule has 4 nitrogen and oxygen atoms in total. The van der Waals surface area contributed by atoms with Crippen LogP contribution < -0.4 is 5.73 Å². The van der Waals surface area contributed by atoms with Crippen LogP contribution >= 0.6 is 0 Å². The first-order valence-electron chi connectivity index (χ1n) is 7.65. The van der Waals surface area contributed by atoms with Gasteiger partial charge in [0.25, 0.3) is 10.1 Å². The Kier molecular flexibility index (Phi) is 4.70. The Bertz CT molecular complexity index is 1130. The van der Waals surface area contributed by atoms with Gasteiger partial charge in [0.05, 0.1) is 0 Å². The molecule has 0 aliphatic rings. The van der Waals surface area contributed by atoms with Crippen LogP contribution in [-0.2, 0) is 10.1 Å². The van der Waals surface area contributed by atoms with Crippen LogP contribution in [0.2, 0.25) is 0 Å². The van der Waals surface area contributed by atoms with E-state index in [2.05, 4.69) is 12.1 Å². The van der Waals surface area contributed by atoms with E-state index in [1.165, 1.54) is 16.8 Å². The first kappa shape index (κ1) is 17.0. The van der Waals surface area contributed by atoms with Crippen LogP contribution in [0.5, 0.6) is 0 Å². The predicted octanol–water partition coefficient (Wildman–Crippen LogP) is 4.51. The van der Waals surface area contributed by atoms with Crippen molar-refractivity contribution < 1.29 is 13.0 Å². The Morgan fingerprint density at radius 3 is 2.00 bits per heavy atom. The first-order chi connectivity index (χ1) is 11.9. The molecule has 0 spiro atoms. The summed E-state index contributed by atoms with van der Waals surface area (Å²) in [6.45, 7) is 0. The highest BCUT2D eigenvalue weighted by Gasteiger charge is 2.12. The molecule has 0 aromatic heterocycles. The molecule has 3 N–H and O–H groups in total. The third-order valence-electron chi connectivity index (χ3n) is 3.80. The summed E-state index contributed by atoms with van der Waals surface area (Å²) in [5.41, 5.74) is 6.45. The molecule has 0 unspecified atom stereocenters. The molecule has 0 heterocycles. The van der Waals surface area contributed by atoms with Gasteiger partial charge in [-0.05, 0) is 34.4 Å². The lowest BCUT2D eigenvalue weighted by Crippen LogP contribution is -1.98. The molecule has 0 aliphatic heterocycles. The second-order valence-electron chi connectivity index (χ2n) is 5.56. The van der Waals surface area contributed by atoms with Crippen molar-refractivity contribution in [2.75, 3.05) is 5.73 Å². The molecule has 0 aliphatic carbocycles. The number of benzene rings is 4. The number of hydrogen-bond donors (Lipinski definition) is 2. The molecule has 0 bridgehead atoms. The van der Waals surface area contributed by atoms with Crippen LogP contribution in [0.25, 0.3) is 21.5 Å². The van der Waals surface area contributed by atoms with Crippen LogP contribution in [0, 0.1) is 0 Å². The summed E-state index contributed by atoms with van der Waals surface area (Å²) in [7, 11) is -4.13. The second-order valence-corrected chi connectivity index (χ2v) is 6.95. The molecule has 0 saturated carbocycles. The maximum Gasteiger partial charge on any atom is 0.295 e. The van der Waals surface area contributed by atoms with E-state index in [0.717, 1.165) is 11.1 Å². The zero-order valence-corrected chi connectivity index (χ0v) is 14.1. The van der Waals surface area contributed by atoms with Crippen molar-refractivity contribution in [3.8, 4) is 0 Å². The van der Waals surface area contributed by atoms with Crippen molar-refractivity contribution in [3.63, 3.8) is 0 Å². The molecule has 4 aromatic rings. The van der Waals surface area contributed by atoms with Crippen LogP contribution in [-0.4, -0.2) is 13.0 Å². The molecular weight excluding hydrogens is 334 g/mol.